The predicted molar refractivity (Wildman–Crippen MR) is 182 cm³/mol. The van der Waals surface area contributed by atoms with Crippen molar-refractivity contribution in [1.29, 1.82) is 0 Å². The zero-order valence-electron chi connectivity index (χ0n) is 27.2. The summed E-state index contributed by atoms with van der Waals surface area (Å²) in [6, 6.07) is 21.9. The van der Waals surface area contributed by atoms with Crippen molar-refractivity contribution in [2.24, 2.45) is 0 Å². The van der Waals surface area contributed by atoms with Crippen LogP contribution in [0, 0.1) is 17.0 Å². The molecule has 0 aromatic heterocycles. The van der Waals surface area contributed by atoms with E-state index >= 15 is 0 Å². The van der Waals surface area contributed by atoms with Crippen LogP contribution in [0.25, 0.3) is 5.57 Å². The van der Waals surface area contributed by atoms with Gasteiger partial charge < -0.3 is 5.11 Å². The van der Waals surface area contributed by atoms with Crippen LogP contribution in [0.5, 0.6) is 0 Å². The van der Waals surface area contributed by atoms with Gasteiger partial charge in [-0.2, -0.15) is 13.2 Å². The summed E-state index contributed by atoms with van der Waals surface area (Å²) in [5.74, 6) is 0. The Hall–Kier alpha value is -3.34. The lowest BCUT2D eigenvalue weighted by Crippen LogP contribution is -2.56. The summed E-state index contributed by atoms with van der Waals surface area (Å²) in [7, 11) is -1.30. The summed E-state index contributed by atoms with van der Waals surface area (Å²) in [5, 5.41) is 22.6. The Kier molecular flexibility index (Phi) is 12.9. The fourth-order valence-electron chi connectivity index (χ4n) is 6.23. The number of β-amino-alcohol motifs (C(OH)–C–C–N with tert-alkyl or cyclic N) is 1. The molecule has 1 N–H and O–H groups in total. The number of unbranched alkanes of at least 4 members (excludes halogenated alkanes) is 3. The van der Waals surface area contributed by atoms with Crippen molar-refractivity contribution in [3.63, 3.8) is 0 Å². The molecule has 254 valence electrons. The molecule has 3 aromatic carbocycles. The lowest BCUT2D eigenvalue weighted by Gasteiger charge is -2.40. The number of nitro benzene ring substituents is 1. The molecule has 4 rings (SSSR count). The molecule has 3 aromatic rings. The lowest BCUT2D eigenvalue weighted by atomic mass is 9.83. The first-order chi connectivity index (χ1) is 22.4. The minimum atomic E-state index is -5.00. The molecule has 47 heavy (non-hydrogen) atoms. The molecule has 10 heteroatoms. The molecule has 1 aliphatic heterocycles. The third-order valence-electron chi connectivity index (χ3n) is 9.00. The third kappa shape index (κ3) is 9.61. The van der Waals surface area contributed by atoms with Gasteiger partial charge in [-0.1, -0.05) is 68.3 Å². The molecule has 0 aliphatic carbocycles. The van der Waals surface area contributed by atoms with Crippen molar-refractivity contribution >= 4 is 22.1 Å². The van der Waals surface area contributed by atoms with E-state index in [0.29, 0.717) is 25.7 Å². The molecule has 1 saturated heterocycles. The average Bonchev–Trinajstić information content (AvgIpc) is 3.05. The van der Waals surface area contributed by atoms with E-state index in [2.05, 4.69) is 12.1 Å². The number of aryl methyl sites for hydroxylation is 3. The van der Waals surface area contributed by atoms with E-state index in [1.807, 2.05) is 49.4 Å². The number of piperidine rings is 1. The second-order valence-electron chi connectivity index (χ2n) is 12.5. The van der Waals surface area contributed by atoms with Crippen molar-refractivity contribution < 1.29 is 27.4 Å². The summed E-state index contributed by atoms with van der Waals surface area (Å²) in [5.41, 5.74) is -0.749. The highest BCUT2D eigenvalue weighted by Gasteiger charge is 2.57. The van der Waals surface area contributed by atoms with E-state index in [9.17, 15) is 32.6 Å². The normalized spacial score (nSPS) is 16.9. The standard InChI is InChI=1S/C37H45F3N2O4S/c1-3-4-6-15-35(34-21-18-31(42(44)45)26-28(34)2)36(43,37(38,39)40)27-41-24-22-33(23-25-41)47(46)32-19-16-30(17-20-32)14-10-9-13-29-11-7-5-8-12-29/h5,7-8,11-12,15-21,26,33,43H,3-4,6,9-10,13-14,22-25,27H2,1-2H3/b35-15+. The Balaban J connectivity index is 1.39. The Morgan fingerprint density at radius 1 is 0.979 bits per heavy atom. The molecule has 0 bridgehead atoms. The molecule has 6 nitrogen and oxygen atoms in total. The summed E-state index contributed by atoms with van der Waals surface area (Å²) < 4.78 is 57.8. The number of likely N-dealkylation sites (tertiary alicyclic amines) is 1. The van der Waals surface area contributed by atoms with Crippen molar-refractivity contribution in [3.05, 3.63) is 111 Å². The van der Waals surface area contributed by atoms with Gasteiger partial charge in [0, 0.05) is 28.8 Å². The SMILES string of the molecule is CCCC/C=C(\c1ccc([N+](=O)[O-])cc1C)C(O)(CN1CCC(S(=O)c2ccc(CCCCc3ccccc3)cc2)CC1)C(F)(F)F. The molecule has 1 fully saturated rings. The zero-order valence-corrected chi connectivity index (χ0v) is 28.0. The van der Waals surface area contributed by atoms with E-state index in [0.717, 1.165) is 37.0 Å². The highest BCUT2D eigenvalue weighted by atomic mass is 32.2. The van der Waals surface area contributed by atoms with Crippen LogP contribution in [0.3, 0.4) is 0 Å². The lowest BCUT2D eigenvalue weighted by molar-refractivity contribution is -0.384. The molecule has 2 unspecified atom stereocenters. The number of benzene rings is 3. The van der Waals surface area contributed by atoms with E-state index in [1.54, 1.807) is 4.90 Å². The molecule has 0 radical (unpaired) electrons. The summed E-state index contributed by atoms with van der Waals surface area (Å²) in [4.78, 5) is 13.0. The van der Waals surface area contributed by atoms with Crippen molar-refractivity contribution in [1.82, 2.24) is 4.90 Å². The first-order valence-electron chi connectivity index (χ1n) is 16.4. The monoisotopic (exact) mass is 670 g/mol. The molecule has 2 atom stereocenters. The number of hydrogen-bond donors (Lipinski definition) is 1. The van der Waals surface area contributed by atoms with E-state index < -0.39 is 34.0 Å². The quantitative estimate of drug-likeness (QED) is 0.0995. The number of hydrogen-bond acceptors (Lipinski definition) is 5. The number of allylic oxidation sites excluding steroid dienone is 1. The minimum Gasteiger partial charge on any atom is -0.375 e. The maximum atomic E-state index is 14.8. The van der Waals surface area contributed by atoms with Crippen LogP contribution in [0.2, 0.25) is 0 Å². The number of rotatable bonds is 15. The maximum Gasteiger partial charge on any atom is 0.422 e. The molecule has 0 amide bonds. The predicted octanol–water partition coefficient (Wildman–Crippen LogP) is 8.61. The van der Waals surface area contributed by atoms with Crippen molar-refractivity contribution in [3.8, 4) is 0 Å². The van der Waals surface area contributed by atoms with Crippen molar-refractivity contribution in [2.75, 3.05) is 19.6 Å². The average molecular weight is 671 g/mol. The highest BCUT2D eigenvalue weighted by Crippen LogP contribution is 2.44. The summed E-state index contributed by atoms with van der Waals surface area (Å²) in [6.45, 7) is 3.29. The van der Waals surface area contributed by atoms with Gasteiger partial charge in [-0.25, -0.2) is 0 Å². The van der Waals surface area contributed by atoms with E-state index in [4.69, 9.17) is 0 Å². The van der Waals surface area contributed by atoms with Crippen LogP contribution in [-0.4, -0.2) is 55.8 Å². The molecular weight excluding hydrogens is 625 g/mol. The van der Waals surface area contributed by atoms with Crippen LogP contribution in [0.1, 0.15) is 74.1 Å². The molecule has 1 aliphatic rings. The largest absolute Gasteiger partial charge is 0.422 e. The smallest absolute Gasteiger partial charge is 0.375 e. The number of aliphatic hydroxyl groups is 1. The van der Waals surface area contributed by atoms with Gasteiger partial charge in [-0.05, 0) is 111 Å². The van der Waals surface area contributed by atoms with Gasteiger partial charge in [0.25, 0.3) is 5.69 Å². The van der Waals surface area contributed by atoms with Gasteiger partial charge >= 0.3 is 6.18 Å². The minimum absolute atomic E-state index is 0.141. The van der Waals surface area contributed by atoms with Gasteiger partial charge in [0.1, 0.15) is 0 Å². The van der Waals surface area contributed by atoms with E-state index in [1.165, 1.54) is 42.3 Å². The number of nitrogens with zero attached hydrogens (tertiary/aromatic N) is 2. The molecule has 1 heterocycles. The number of halogens is 3. The second-order valence-corrected chi connectivity index (χ2v) is 14.2. The zero-order chi connectivity index (χ0) is 34.0. The fraction of sp³-hybridized carbons (Fsp3) is 0.459. The van der Waals surface area contributed by atoms with Gasteiger partial charge in [0.15, 0.2) is 5.60 Å². The molecule has 0 saturated carbocycles. The summed E-state index contributed by atoms with van der Waals surface area (Å²) >= 11 is 0. The van der Waals surface area contributed by atoms with Gasteiger partial charge in [0.2, 0.25) is 0 Å². The first-order valence-corrected chi connectivity index (χ1v) is 17.6. The second kappa shape index (κ2) is 16.7. The van der Waals surface area contributed by atoms with Crippen LogP contribution >= 0.6 is 0 Å². The Morgan fingerprint density at radius 2 is 1.60 bits per heavy atom. The molecule has 0 spiro atoms. The van der Waals surface area contributed by atoms with Gasteiger partial charge in [0.05, 0.1) is 15.7 Å². The topological polar surface area (TPSA) is 83.7 Å². The van der Waals surface area contributed by atoms with Crippen LogP contribution in [-0.2, 0) is 23.6 Å². The fourth-order valence-corrected chi connectivity index (χ4v) is 7.66. The Morgan fingerprint density at radius 3 is 2.15 bits per heavy atom. The number of alkyl halides is 3. The highest BCUT2D eigenvalue weighted by molar-refractivity contribution is 7.85. The van der Waals surface area contributed by atoms with Crippen LogP contribution in [0.4, 0.5) is 18.9 Å². The van der Waals surface area contributed by atoms with Gasteiger partial charge in [-0.15, -0.1) is 0 Å². The Labute approximate surface area is 278 Å². The molecular formula is C37H45F3N2O4S. The summed E-state index contributed by atoms with van der Waals surface area (Å²) in [6.07, 6.45) is 3.15. The third-order valence-corrected chi connectivity index (χ3v) is 10.8. The van der Waals surface area contributed by atoms with Gasteiger partial charge in [-0.3, -0.25) is 19.2 Å². The Bertz CT molecular complexity index is 1520. The first kappa shape index (κ1) is 36.5. The van der Waals surface area contributed by atoms with Crippen molar-refractivity contribution in [2.45, 2.75) is 93.6 Å². The van der Waals surface area contributed by atoms with Crippen LogP contribution in [0.15, 0.2) is 83.8 Å². The number of non-ortho nitro benzene ring substituents is 1. The number of nitro groups is 1. The van der Waals surface area contributed by atoms with E-state index in [-0.39, 0.29) is 40.7 Å². The maximum absolute atomic E-state index is 14.8. The van der Waals surface area contributed by atoms with Crippen LogP contribution < -0.4 is 0 Å².